The van der Waals surface area contributed by atoms with Crippen LogP contribution < -0.4 is 5.32 Å². The molecule has 2 aliphatic heterocycles. The second kappa shape index (κ2) is 9.21. The lowest BCUT2D eigenvalue weighted by Crippen LogP contribution is -2.36. The Morgan fingerprint density at radius 2 is 2.09 bits per heavy atom. The molecule has 2 aliphatic rings. The summed E-state index contributed by atoms with van der Waals surface area (Å²) in [5, 5.41) is 12.4. The number of carbonyl (C=O) groups is 1. The molecule has 8 nitrogen and oxygen atoms in total. The van der Waals surface area contributed by atoms with Crippen LogP contribution in [0.5, 0.6) is 0 Å². The SMILES string of the molecule is CCC(=O)N1CCc2c(c(Nc3ccc(-c4cnn(C)c4C)cc3F)nn2C2CCOCC2)C1. The maximum atomic E-state index is 15.2. The average Bonchev–Trinajstić information content (AvgIpc) is 3.39. The van der Waals surface area contributed by atoms with Gasteiger partial charge in [0.1, 0.15) is 5.82 Å². The molecule has 0 spiro atoms. The molecule has 1 fully saturated rings. The van der Waals surface area contributed by atoms with Gasteiger partial charge in [-0.3, -0.25) is 14.2 Å². The van der Waals surface area contributed by atoms with Crippen LogP contribution in [0.3, 0.4) is 0 Å². The summed E-state index contributed by atoms with van der Waals surface area (Å²) in [4.78, 5) is 14.3. The highest BCUT2D eigenvalue weighted by Crippen LogP contribution is 2.34. The number of nitrogens with one attached hydrogen (secondary N) is 1. The van der Waals surface area contributed by atoms with Crippen LogP contribution in [-0.2, 0) is 29.5 Å². The fourth-order valence-electron chi connectivity index (χ4n) is 4.91. The van der Waals surface area contributed by atoms with Crippen LogP contribution in [0, 0.1) is 12.7 Å². The monoisotopic (exact) mass is 466 g/mol. The van der Waals surface area contributed by atoms with Crippen molar-refractivity contribution in [2.45, 2.75) is 52.1 Å². The zero-order valence-electron chi connectivity index (χ0n) is 20.0. The van der Waals surface area contributed by atoms with Crippen LogP contribution in [0.1, 0.15) is 49.2 Å². The normalized spacial score (nSPS) is 16.5. The summed E-state index contributed by atoms with van der Waals surface area (Å²) in [5.41, 5.74) is 5.14. The van der Waals surface area contributed by atoms with Gasteiger partial charge in [-0.15, -0.1) is 0 Å². The number of carbonyl (C=O) groups excluding carboxylic acids is 1. The standard InChI is InChI=1S/C25H31FN6O2/c1-4-24(33)31-10-7-23-20(15-31)25(29-32(23)18-8-11-34-12-9-18)28-22-6-5-17(13-21(22)26)19-14-27-30(3)16(19)2/h5-6,13-14,18H,4,7-12,15H2,1-3H3,(H,28,29). The van der Waals surface area contributed by atoms with Crippen molar-refractivity contribution in [2.24, 2.45) is 7.05 Å². The Bertz CT molecular complexity index is 1210. The molecule has 34 heavy (non-hydrogen) atoms. The van der Waals surface area contributed by atoms with Crippen molar-refractivity contribution in [3.63, 3.8) is 0 Å². The van der Waals surface area contributed by atoms with E-state index in [1.165, 1.54) is 6.07 Å². The number of halogens is 1. The average molecular weight is 467 g/mol. The quantitative estimate of drug-likeness (QED) is 0.612. The molecule has 0 radical (unpaired) electrons. The van der Waals surface area contributed by atoms with E-state index in [9.17, 15) is 4.79 Å². The second-order valence-corrected chi connectivity index (χ2v) is 9.07. The van der Waals surface area contributed by atoms with Gasteiger partial charge in [-0.05, 0) is 37.5 Å². The van der Waals surface area contributed by atoms with Crippen LogP contribution in [0.15, 0.2) is 24.4 Å². The molecule has 3 aromatic rings. The fraction of sp³-hybridized carbons (Fsp3) is 0.480. The molecule has 0 atom stereocenters. The smallest absolute Gasteiger partial charge is 0.222 e. The Kier molecular flexibility index (Phi) is 6.12. The Morgan fingerprint density at radius 1 is 1.29 bits per heavy atom. The molecule has 0 saturated carbocycles. The van der Waals surface area contributed by atoms with E-state index in [0.717, 1.165) is 47.3 Å². The van der Waals surface area contributed by atoms with Gasteiger partial charge in [0.25, 0.3) is 0 Å². The number of benzene rings is 1. The zero-order valence-corrected chi connectivity index (χ0v) is 20.0. The Hall–Kier alpha value is -3.20. The third-order valence-corrected chi connectivity index (χ3v) is 7.05. The number of anilines is 2. The van der Waals surface area contributed by atoms with E-state index in [1.807, 2.05) is 31.9 Å². The first-order valence-electron chi connectivity index (χ1n) is 12.0. The zero-order chi connectivity index (χ0) is 23.8. The first kappa shape index (κ1) is 22.6. The lowest BCUT2D eigenvalue weighted by molar-refractivity contribution is -0.131. The second-order valence-electron chi connectivity index (χ2n) is 9.07. The van der Waals surface area contributed by atoms with E-state index >= 15 is 4.39 Å². The lowest BCUT2D eigenvalue weighted by Gasteiger charge is -2.30. The number of aryl methyl sites for hydroxylation is 1. The molecule has 0 unspecified atom stereocenters. The maximum Gasteiger partial charge on any atom is 0.222 e. The van der Waals surface area contributed by atoms with E-state index in [4.69, 9.17) is 9.84 Å². The number of rotatable bonds is 5. The van der Waals surface area contributed by atoms with E-state index < -0.39 is 0 Å². The van der Waals surface area contributed by atoms with Gasteiger partial charge < -0.3 is 15.0 Å². The molecule has 4 heterocycles. The molecule has 1 amide bonds. The molecule has 0 bridgehead atoms. The third-order valence-electron chi connectivity index (χ3n) is 7.05. The van der Waals surface area contributed by atoms with Crippen molar-refractivity contribution in [3.05, 3.63) is 47.2 Å². The van der Waals surface area contributed by atoms with Crippen molar-refractivity contribution in [1.82, 2.24) is 24.5 Å². The number of nitrogens with zero attached hydrogens (tertiary/aromatic N) is 5. The van der Waals surface area contributed by atoms with E-state index in [0.29, 0.717) is 44.2 Å². The minimum Gasteiger partial charge on any atom is -0.381 e. The molecule has 0 aliphatic carbocycles. The summed E-state index contributed by atoms with van der Waals surface area (Å²) >= 11 is 0. The third kappa shape index (κ3) is 4.09. The van der Waals surface area contributed by atoms with Gasteiger partial charge >= 0.3 is 0 Å². The minimum absolute atomic E-state index is 0.123. The van der Waals surface area contributed by atoms with Gasteiger partial charge in [0.15, 0.2) is 5.82 Å². The van der Waals surface area contributed by atoms with Crippen molar-refractivity contribution in [3.8, 4) is 11.1 Å². The highest BCUT2D eigenvalue weighted by Gasteiger charge is 2.30. The van der Waals surface area contributed by atoms with Crippen molar-refractivity contribution >= 4 is 17.4 Å². The molecular weight excluding hydrogens is 435 g/mol. The van der Waals surface area contributed by atoms with Crippen LogP contribution in [-0.4, -0.2) is 50.1 Å². The highest BCUT2D eigenvalue weighted by molar-refractivity contribution is 5.77. The minimum atomic E-state index is -0.354. The van der Waals surface area contributed by atoms with Crippen LogP contribution in [0.4, 0.5) is 15.9 Å². The number of hydrogen-bond donors (Lipinski definition) is 1. The molecule has 5 rings (SSSR count). The summed E-state index contributed by atoms with van der Waals surface area (Å²) in [7, 11) is 1.87. The first-order chi connectivity index (χ1) is 16.5. The van der Waals surface area contributed by atoms with Gasteiger partial charge in [-0.2, -0.15) is 10.2 Å². The number of fused-ring (bicyclic) bond motifs is 1. The number of aromatic nitrogens is 4. The topological polar surface area (TPSA) is 77.2 Å². The predicted molar refractivity (Wildman–Crippen MR) is 127 cm³/mol. The predicted octanol–water partition coefficient (Wildman–Crippen LogP) is 4.12. The van der Waals surface area contributed by atoms with Crippen molar-refractivity contribution < 1.29 is 13.9 Å². The number of hydrogen-bond acceptors (Lipinski definition) is 5. The summed E-state index contributed by atoms with van der Waals surface area (Å²) in [6.45, 7) is 6.44. The molecule has 9 heteroatoms. The highest BCUT2D eigenvalue weighted by atomic mass is 19.1. The molecule has 1 N–H and O–H groups in total. The molecule has 2 aromatic heterocycles. The lowest BCUT2D eigenvalue weighted by atomic mass is 10.0. The van der Waals surface area contributed by atoms with Crippen molar-refractivity contribution in [2.75, 3.05) is 25.1 Å². The van der Waals surface area contributed by atoms with E-state index in [-0.39, 0.29) is 17.8 Å². The van der Waals surface area contributed by atoms with Gasteiger partial charge in [0.2, 0.25) is 5.91 Å². The molecule has 1 aromatic carbocycles. The molecular formula is C25H31FN6O2. The molecule has 1 saturated heterocycles. The van der Waals surface area contributed by atoms with Crippen LogP contribution >= 0.6 is 0 Å². The maximum absolute atomic E-state index is 15.2. The van der Waals surface area contributed by atoms with Gasteiger partial charge in [0.05, 0.1) is 24.5 Å². The van der Waals surface area contributed by atoms with Crippen LogP contribution in [0.25, 0.3) is 11.1 Å². The van der Waals surface area contributed by atoms with E-state index in [1.54, 1.807) is 16.9 Å². The summed E-state index contributed by atoms with van der Waals surface area (Å²) in [6, 6.07) is 5.42. The van der Waals surface area contributed by atoms with Crippen LogP contribution in [0.2, 0.25) is 0 Å². The number of ether oxygens (including phenoxy) is 1. The summed E-state index contributed by atoms with van der Waals surface area (Å²) in [6.07, 6.45) is 4.77. The van der Waals surface area contributed by atoms with Crippen molar-refractivity contribution in [1.29, 1.82) is 0 Å². The van der Waals surface area contributed by atoms with Gasteiger partial charge in [-0.25, -0.2) is 4.39 Å². The van der Waals surface area contributed by atoms with E-state index in [2.05, 4.69) is 15.1 Å². The largest absolute Gasteiger partial charge is 0.381 e. The Labute approximate surface area is 198 Å². The fourth-order valence-corrected chi connectivity index (χ4v) is 4.91. The Morgan fingerprint density at radius 3 is 2.76 bits per heavy atom. The van der Waals surface area contributed by atoms with Gasteiger partial charge in [-0.1, -0.05) is 13.0 Å². The van der Waals surface area contributed by atoms with Gasteiger partial charge in [0, 0.05) is 62.2 Å². The first-order valence-corrected chi connectivity index (χ1v) is 12.0. The summed E-state index contributed by atoms with van der Waals surface area (Å²) in [5.74, 6) is 0.393. The molecule has 180 valence electrons. The Balaban J connectivity index is 1.48. The number of amides is 1. The summed E-state index contributed by atoms with van der Waals surface area (Å²) < 4.78 is 24.6.